The summed E-state index contributed by atoms with van der Waals surface area (Å²) in [5.41, 5.74) is 4.94. The van der Waals surface area contributed by atoms with Gasteiger partial charge in [0.05, 0.1) is 0 Å². The van der Waals surface area contributed by atoms with Crippen LogP contribution in [0.3, 0.4) is 0 Å². The molecule has 0 aliphatic heterocycles. The van der Waals surface area contributed by atoms with Crippen molar-refractivity contribution >= 4 is 33.4 Å². The SMILES string of the molecule is N#CC(C#N)=C(c1ccccc1)[C@@H]1[C@@H](CC=O)C(c2ccccc2)=CC[C@H]1c1ccc(Br)cc1. The quantitative estimate of drug-likeness (QED) is 0.259. The molecule has 3 aromatic carbocycles. The molecule has 0 amide bonds. The molecule has 3 aromatic rings. The van der Waals surface area contributed by atoms with Gasteiger partial charge in [0.2, 0.25) is 0 Å². The van der Waals surface area contributed by atoms with Crippen LogP contribution in [0.5, 0.6) is 0 Å². The van der Waals surface area contributed by atoms with E-state index >= 15 is 0 Å². The number of nitriles is 2. The molecular weight excluding hydrogens is 484 g/mol. The molecule has 0 N–H and O–H groups in total. The predicted molar refractivity (Wildman–Crippen MR) is 138 cm³/mol. The Morgan fingerprint density at radius 2 is 1.53 bits per heavy atom. The molecule has 166 valence electrons. The van der Waals surface area contributed by atoms with Crippen LogP contribution >= 0.6 is 15.9 Å². The summed E-state index contributed by atoms with van der Waals surface area (Å²) in [7, 11) is 0. The van der Waals surface area contributed by atoms with Crippen molar-refractivity contribution < 1.29 is 4.79 Å². The van der Waals surface area contributed by atoms with Crippen LogP contribution in [0.4, 0.5) is 0 Å². The highest BCUT2D eigenvalue weighted by Crippen LogP contribution is 2.52. The monoisotopic (exact) mass is 506 g/mol. The number of allylic oxidation sites excluding steroid dienone is 4. The third-order valence-corrected chi connectivity index (χ3v) is 7.05. The Balaban J connectivity index is 1.99. The molecule has 1 aliphatic carbocycles. The van der Waals surface area contributed by atoms with Gasteiger partial charge in [0.1, 0.15) is 24.0 Å². The van der Waals surface area contributed by atoms with Gasteiger partial charge in [-0.3, -0.25) is 0 Å². The van der Waals surface area contributed by atoms with Gasteiger partial charge >= 0.3 is 0 Å². The van der Waals surface area contributed by atoms with Crippen LogP contribution in [0.2, 0.25) is 0 Å². The van der Waals surface area contributed by atoms with Gasteiger partial charge in [-0.1, -0.05) is 94.8 Å². The maximum Gasteiger partial charge on any atom is 0.133 e. The molecular formula is C30H23BrN2O. The summed E-state index contributed by atoms with van der Waals surface area (Å²) in [5.74, 6) is -0.380. The topological polar surface area (TPSA) is 64.7 Å². The second kappa shape index (κ2) is 10.9. The predicted octanol–water partition coefficient (Wildman–Crippen LogP) is 7.34. The number of carbonyl (C=O) groups excluding carboxylic acids is 1. The lowest BCUT2D eigenvalue weighted by atomic mass is 9.62. The average molecular weight is 507 g/mol. The van der Waals surface area contributed by atoms with E-state index in [-0.39, 0.29) is 23.3 Å². The molecule has 0 heterocycles. The number of rotatable bonds is 6. The number of benzene rings is 3. The Kier molecular flexibility index (Phi) is 7.53. The van der Waals surface area contributed by atoms with Crippen LogP contribution in [0.1, 0.15) is 35.4 Å². The van der Waals surface area contributed by atoms with Gasteiger partial charge in [-0.25, -0.2) is 0 Å². The summed E-state index contributed by atoms with van der Waals surface area (Å²) < 4.78 is 0.988. The van der Waals surface area contributed by atoms with Gasteiger partial charge in [0, 0.05) is 16.8 Å². The highest BCUT2D eigenvalue weighted by molar-refractivity contribution is 9.10. The minimum absolute atomic E-state index is 0.0115. The van der Waals surface area contributed by atoms with E-state index in [9.17, 15) is 15.3 Å². The van der Waals surface area contributed by atoms with Crippen LogP contribution in [-0.2, 0) is 4.79 Å². The molecule has 1 aliphatic rings. The molecule has 4 heteroatoms. The Hall–Kier alpha value is -3.73. The molecule has 0 unspecified atom stereocenters. The fourth-order valence-corrected chi connectivity index (χ4v) is 5.35. The maximum atomic E-state index is 12.0. The summed E-state index contributed by atoms with van der Waals surface area (Å²) in [4.78, 5) is 12.0. The molecule has 0 bridgehead atoms. The molecule has 0 aromatic heterocycles. The zero-order valence-corrected chi connectivity index (χ0v) is 20.2. The number of hydrogen-bond acceptors (Lipinski definition) is 3. The molecule has 34 heavy (non-hydrogen) atoms. The van der Waals surface area contributed by atoms with Crippen molar-refractivity contribution in [2.24, 2.45) is 11.8 Å². The summed E-state index contributed by atoms with van der Waals surface area (Å²) in [6, 6.07) is 32.2. The Bertz CT molecular complexity index is 1280. The van der Waals surface area contributed by atoms with Crippen LogP contribution in [0.15, 0.2) is 101 Å². The smallest absolute Gasteiger partial charge is 0.133 e. The second-order valence-electron chi connectivity index (χ2n) is 8.33. The molecule has 0 spiro atoms. The van der Waals surface area contributed by atoms with E-state index in [0.717, 1.165) is 39.4 Å². The van der Waals surface area contributed by atoms with Crippen molar-refractivity contribution in [3.8, 4) is 12.1 Å². The van der Waals surface area contributed by atoms with Crippen LogP contribution < -0.4 is 0 Å². The summed E-state index contributed by atoms with van der Waals surface area (Å²) in [6.07, 6.45) is 4.23. The lowest BCUT2D eigenvalue weighted by molar-refractivity contribution is -0.108. The minimum atomic E-state index is -0.219. The van der Waals surface area contributed by atoms with E-state index in [1.165, 1.54) is 0 Å². The standard InChI is InChI=1S/C30H23BrN2O/c31-25-13-11-22(12-14-25)27-16-15-26(21-7-3-1-4-8-21)28(17-18-34)30(27)29(24(19-32)20-33)23-9-5-2-6-10-23/h1-15,18,27-28,30H,16-17H2/t27-,28-,30-/m0/s1. The molecule has 0 fully saturated rings. The van der Waals surface area contributed by atoms with E-state index in [1.807, 2.05) is 60.7 Å². The first-order chi connectivity index (χ1) is 16.7. The van der Waals surface area contributed by atoms with Crippen LogP contribution in [0, 0.1) is 34.5 Å². The Labute approximate surface area is 208 Å². The largest absolute Gasteiger partial charge is 0.303 e. The van der Waals surface area contributed by atoms with Gasteiger partial charge in [0.15, 0.2) is 0 Å². The normalized spacial score (nSPS) is 19.3. The number of carbonyl (C=O) groups is 1. The number of nitrogens with zero attached hydrogens (tertiary/aromatic N) is 2. The summed E-state index contributed by atoms with van der Waals surface area (Å²) >= 11 is 3.52. The van der Waals surface area contributed by atoms with Crippen molar-refractivity contribution in [1.29, 1.82) is 10.5 Å². The van der Waals surface area contributed by atoms with Crippen LogP contribution in [0.25, 0.3) is 11.1 Å². The fourth-order valence-electron chi connectivity index (χ4n) is 5.09. The van der Waals surface area contributed by atoms with Crippen molar-refractivity contribution in [2.45, 2.75) is 18.8 Å². The van der Waals surface area contributed by atoms with E-state index in [1.54, 1.807) is 0 Å². The number of hydrogen-bond donors (Lipinski definition) is 0. The molecule has 3 nitrogen and oxygen atoms in total. The van der Waals surface area contributed by atoms with E-state index in [0.29, 0.717) is 12.0 Å². The van der Waals surface area contributed by atoms with Gasteiger partial charge < -0.3 is 4.79 Å². The Morgan fingerprint density at radius 1 is 0.912 bits per heavy atom. The van der Waals surface area contributed by atoms with E-state index in [4.69, 9.17) is 0 Å². The number of halogens is 1. The van der Waals surface area contributed by atoms with Crippen molar-refractivity contribution in [2.75, 3.05) is 0 Å². The van der Waals surface area contributed by atoms with Crippen molar-refractivity contribution in [3.63, 3.8) is 0 Å². The van der Waals surface area contributed by atoms with E-state index in [2.05, 4.69) is 58.4 Å². The average Bonchev–Trinajstić information content (AvgIpc) is 2.89. The summed E-state index contributed by atoms with van der Waals surface area (Å²) in [6.45, 7) is 0. The fraction of sp³-hybridized carbons (Fsp3) is 0.167. The number of aldehydes is 1. The van der Waals surface area contributed by atoms with E-state index < -0.39 is 0 Å². The first-order valence-electron chi connectivity index (χ1n) is 11.2. The highest BCUT2D eigenvalue weighted by atomic mass is 79.9. The molecule has 0 saturated heterocycles. The Morgan fingerprint density at radius 3 is 2.12 bits per heavy atom. The molecule has 3 atom stereocenters. The van der Waals surface area contributed by atoms with Gasteiger partial charge in [0.25, 0.3) is 0 Å². The van der Waals surface area contributed by atoms with Crippen molar-refractivity contribution in [3.05, 3.63) is 118 Å². The second-order valence-corrected chi connectivity index (χ2v) is 9.25. The lowest BCUT2D eigenvalue weighted by Crippen LogP contribution is -2.29. The van der Waals surface area contributed by atoms with Gasteiger partial charge in [-0.05, 0) is 58.2 Å². The molecule has 4 rings (SSSR count). The third-order valence-electron chi connectivity index (χ3n) is 6.52. The van der Waals surface area contributed by atoms with Gasteiger partial charge in [-0.2, -0.15) is 10.5 Å². The summed E-state index contributed by atoms with van der Waals surface area (Å²) in [5, 5.41) is 19.9. The zero-order chi connectivity index (χ0) is 23.9. The third kappa shape index (κ3) is 4.79. The van der Waals surface area contributed by atoms with Crippen molar-refractivity contribution in [1.82, 2.24) is 0 Å². The first kappa shape index (κ1) is 23.4. The molecule has 0 radical (unpaired) electrons. The molecule has 0 saturated carbocycles. The first-order valence-corrected chi connectivity index (χ1v) is 12.0. The lowest BCUT2D eigenvalue weighted by Gasteiger charge is -2.40. The minimum Gasteiger partial charge on any atom is -0.303 e. The zero-order valence-electron chi connectivity index (χ0n) is 18.6. The van der Waals surface area contributed by atoms with Gasteiger partial charge in [-0.15, -0.1) is 0 Å². The highest BCUT2D eigenvalue weighted by Gasteiger charge is 2.40. The maximum absolute atomic E-state index is 12.0. The van der Waals surface area contributed by atoms with Crippen LogP contribution in [-0.4, -0.2) is 6.29 Å².